The third-order valence-corrected chi connectivity index (χ3v) is 4.25. The summed E-state index contributed by atoms with van der Waals surface area (Å²) in [5.41, 5.74) is 1.17. The van der Waals surface area contributed by atoms with Crippen molar-refractivity contribution in [2.45, 2.75) is 20.3 Å². The van der Waals surface area contributed by atoms with Gasteiger partial charge in [0.25, 0.3) is 0 Å². The molecule has 0 spiro atoms. The van der Waals surface area contributed by atoms with E-state index in [9.17, 15) is 0 Å². The Morgan fingerprint density at radius 3 is 2.54 bits per heavy atom. The summed E-state index contributed by atoms with van der Waals surface area (Å²) < 4.78 is 10.9. The molecule has 1 aromatic rings. The average Bonchev–Trinajstić information content (AvgIpc) is 2.67. The second-order valence-corrected chi connectivity index (χ2v) is 5.93. The maximum atomic E-state index is 5.49. The first-order chi connectivity index (χ1) is 12.3. The summed E-state index contributed by atoms with van der Waals surface area (Å²) in [4.78, 5) is 9.47. The molecule has 1 aliphatic heterocycles. The third-order valence-electron chi connectivity index (χ3n) is 4.25. The van der Waals surface area contributed by atoms with Gasteiger partial charge < -0.3 is 24.6 Å². The lowest BCUT2D eigenvalue weighted by Crippen LogP contribution is -2.52. The van der Waals surface area contributed by atoms with Crippen molar-refractivity contribution in [3.05, 3.63) is 24.3 Å². The van der Waals surface area contributed by atoms with Crippen molar-refractivity contribution in [3.63, 3.8) is 0 Å². The molecule has 0 unspecified atom stereocenters. The molecular formula is C19H33IN4O2. The molecule has 7 heteroatoms. The highest BCUT2D eigenvalue weighted by molar-refractivity contribution is 14.0. The summed E-state index contributed by atoms with van der Waals surface area (Å²) in [7, 11) is 1.73. The Morgan fingerprint density at radius 2 is 1.88 bits per heavy atom. The lowest BCUT2D eigenvalue weighted by atomic mass is 10.2. The lowest BCUT2D eigenvalue weighted by molar-refractivity contribution is 0.146. The van der Waals surface area contributed by atoms with E-state index in [-0.39, 0.29) is 24.0 Å². The fourth-order valence-corrected chi connectivity index (χ4v) is 2.97. The molecule has 1 heterocycles. The van der Waals surface area contributed by atoms with Crippen LogP contribution < -0.4 is 15.0 Å². The molecule has 0 aromatic heterocycles. The van der Waals surface area contributed by atoms with Gasteiger partial charge in [-0.25, -0.2) is 0 Å². The van der Waals surface area contributed by atoms with Crippen LogP contribution in [-0.4, -0.2) is 70.5 Å². The van der Waals surface area contributed by atoms with Crippen LogP contribution in [0.5, 0.6) is 5.75 Å². The van der Waals surface area contributed by atoms with Gasteiger partial charge in [-0.15, -0.1) is 24.0 Å². The molecular weight excluding hydrogens is 443 g/mol. The Hall–Kier alpha value is -1.22. The number of aliphatic imine (C=N–C) groups is 1. The van der Waals surface area contributed by atoms with E-state index in [1.165, 1.54) is 5.69 Å². The van der Waals surface area contributed by atoms with Crippen molar-refractivity contribution in [1.82, 2.24) is 10.2 Å². The van der Waals surface area contributed by atoms with E-state index < -0.39 is 0 Å². The van der Waals surface area contributed by atoms with Gasteiger partial charge in [0.05, 0.1) is 12.8 Å². The van der Waals surface area contributed by atoms with Crippen molar-refractivity contribution >= 4 is 35.6 Å². The highest BCUT2D eigenvalue weighted by Crippen LogP contribution is 2.28. The Balaban J connectivity index is 0.00000338. The highest BCUT2D eigenvalue weighted by atomic mass is 127. The number of nitrogens with zero attached hydrogens (tertiary/aromatic N) is 3. The number of methoxy groups -OCH3 is 1. The molecule has 6 nitrogen and oxygen atoms in total. The minimum absolute atomic E-state index is 0. The van der Waals surface area contributed by atoms with Gasteiger partial charge in [0, 0.05) is 52.5 Å². The number of nitrogens with one attached hydrogen (secondary N) is 1. The standard InChI is InChI=1S/C19H32N4O2.HI/c1-4-20-19(21-11-8-16-25-5-2)23-14-12-22(13-15-23)17-9-6-7-10-18(17)24-3;/h6-7,9-10H,4-5,8,11-16H2,1-3H3,(H,20,21);1H. The second-order valence-electron chi connectivity index (χ2n) is 5.93. The molecule has 0 atom stereocenters. The van der Waals surface area contributed by atoms with Gasteiger partial charge in [0.15, 0.2) is 5.96 Å². The zero-order valence-corrected chi connectivity index (χ0v) is 18.6. The van der Waals surface area contributed by atoms with Crippen LogP contribution in [0.4, 0.5) is 5.69 Å². The van der Waals surface area contributed by atoms with Gasteiger partial charge in [-0.2, -0.15) is 0 Å². The van der Waals surface area contributed by atoms with Crippen LogP contribution in [0.25, 0.3) is 0 Å². The van der Waals surface area contributed by atoms with Crippen LogP contribution in [0.2, 0.25) is 0 Å². The zero-order valence-electron chi connectivity index (χ0n) is 16.2. The number of halogens is 1. The predicted octanol–water partition coefficient (Wildman–Crippen LogP) is 2.83. The Bertz CT molecular complexity index is 534. The summed E-state index contributed by atoms with van der Waals surface area (Å²) in [6, 6.07) is 8.22. The highest BCUT2D eigenvalue weighted by Gasteiger charge is 2.21. The average molecular weight is 476 g/mol. The molecule has 0 saturated carbocycles. The molecule has 0 radical (unpaired) electrons. The zero-order chi connectivity index (χ0) is 17.9. The van der Waals surface area contributed by atoms with E-state index in [1.54, 1.807) is 7.11 Å². The number of hydrogen-bond donors (Lipinski definition) is 1. The summed E-state index contributed by atoms with van der Waals surface area (Å²) in [6.45, 7) is 11.2. The van der Waals surface area contributed by atoms with Crippen LogP contribution in [0.3, 0.4) is 0 Å². The second kappa shape index (κ2) is 13.0. The molecule has 1 aliphatic rings. The number of rotatable bonds is 8. The fourth-order valence-electron chi connectivity index (χ4n) is 2.97. The summed E-state index contributed by atoms with van der Waals surface area (Å²) in [5, 5.41) is 3.41. The number of piperazine rings is 1. The SMILES string of the molecule is CCNC(=NCCCOCC)N1CCN(c2ccccc2OC)CC1.I. The minimum atomic E-state index is 0. The Kier molecular flexibility index (Phi) is 11.4. The van der Waals surface area contributed by atoms with Crippen molar-refractivity contribution in [2.75, 3.05) is 64.5 Å². The van der Waals surface area contributed by atoms with Crippen LogP contribution in [0.1, 0.15) is 20.3 Å². The van der Waals surface area contributed by atoms with Crippen molar-refractivity contribution in [2.24, 2.45) is 4.99 Å². The smallest absolute Gasteiger partial charge is 0.194 e. The van der Waals surface area contributed by atoms with E-state index >= 15 is 0 Å². The molecule has 1 aromatic carbocycles. The summed E-state index contributed by atoms with van der Waals surface area (Å²) in [6.07, 6.45) is 0.962. The number of anilines is 1. The first-order valence-corrected chi connectivity index (χ1v) is 9.29. The van der Waals surface area contributed by atoms with Crippen molar-refractivity contribution in [1.29, 1.82) is 0 Å². The number of hydrogen-bond acceptors (Lipinski definition) is 4. The van der Waals surface area contributed by atoms with Gasteiger partial charge in [-0.05, 0) is 32.4 Å². The normalized spacial score (nSPS) is 14.8. The number of ether oxygens (including phenoxy) is 2. The van der Waals surface area contributed by atoms with Gasteiger partial charge >= 0.3 is 0 Å². The quantitative estimate of drug-likeness (QED) is 0.271. The van der Waals surface area contributed by atoms with Gasteiger partial charge in [0.1, 0.15) is 5.75 Å². The number of para-hydroxylation sites is 2. The first-order valence-electron chi connectivity index (χ1n) is 9.29. The maximum Gasteiger partial charge on any atom is 0.194 e. The van der Waals surface area contributed by atoms with Crippen LogP contribution in [0, 0.1) is 0 Å². The molecule has 0 aliphatic carbocycles. The van der Waals surface area contributed by atoms with Gasteiger partial charge in [0.2, 0.25) is 0 Å². The summed E-state index contributed by atoms with van der Waals surface area (Å²) in [5.74, 6) is 1.95. The van der Waals surface area contributed by atoms with E-state index in [0.29, 0.717) is 0 Å². The van der Waals surface area contributed by atoms with Crippen molar-refractivity contribution < 1.29 is 9.47 Å². The van der Waals surface area contributed by atoms with E-state index in [4.69, 9.17) is 14.5 Å². The molecule has 148 valence electrons. The largest absolute Gasteiger partial charge is 0.495 e. The molecule has 2 rings (SSSR count). The van der Waals surface area contributed by atoms with E-state index in [2.05, 4.69) is 34.2 Å². The minimum Gasteiger partial charge on any atom is -0.495 e. The van der Waals surface area contributed by atoms with E-state index in [0.717, 1.165) is 70.6 Å². The monoisotopic (exact) mass is 476 g/mol. The third kappa shape index (κ3) is 6.83. The van der Waals surface area contributed by atoms with Crippen LogP contribution in [0.15, 0.2) is 29.3 Å². The molecule has 0 bridgehead atoms. The Labute approximate surface area is 175 Å². The van der Waals surface area contributed by atoms with Crippen LogP contribution >= 0.6 is 24.0 Å². The topological polar surface area (TPSA) is 49.3 Å². The first kappa shape index (κ1) is 22.8. The van der Waals surface area contributed by atoms with Crippen molar-refractivity contribution in [3.8, 4) is 5.75 Å². The molecule has 0 amide bonds. The molecule has 1 N–H and O–H groups in total. The number of guanidine groups is 1. The van der Waals surface area contributed by atoms with E-state index in [1.807, 2.05) is 19.1 Å². The lowest BCUT2D eigenvalue weighted by Gasteiger charge is -2.38. The van der Waals surface area contributed by atoms with Crippen LogP contribution in [-0.2, 0) is 4.74 Å². The van der Waals surface area contributed by atoms with Gasteiger partial charge in [-0.3, -0.25) is 4.99 Å². The summed E-state index contributed by atoms with van der Waals surface area (Å²) >= 11 is 0. The fraction of sp³-hybridized carbons (Fsp3) is 0.632. The Morgan fingerprint density at radius 1 is 1.15 bits per heavy atom. The predicted molar refractivity (Wildman–Crippen MR) is 119 cm³/mol. The number of benzene rings is 1. The molecule has 1 saturated heterocycles. The van der Waals surface area contributed by atoms with Gasteiger partial charge in [-0.1, -0.05) is 12.1 Å². The molecule has 1 fully saturated rings. The molecule has 26 heavy (non-hydrogen) atoms. The maximum absolute atomic E-state index is 5.49.